The molecule has 3 rings (SSSR count). The Bertz CT molecular complexity index is 944. The van der Waals surface area contributed by atoms with E-state index < -0.39 is 29.7 Å². The SMILES string of the molecule is C[C@H](OC(=O)c1cc2ccccc2o1)C(=O)Nc1ccc(C(F)(F)F)cc1. The molecular weight excluding hydrogens is 363 g/mol. The van der Waals surface area contributed by atoms with Crippen LogP contribution in [0.5, 0.6) is 0 Å². The van der Waals surface area contributed by atoms with E-state index >= 15 is 0 Å². The lowest BCUT2D eigenvalue weighted by Crippen LogP contribution is -2.29. The van der Waals surface area contributed by atoms with E-state index in [1.54, 1.807) is 24.3 Å². The number of fused-ring (bicyclic) bond motifs is 1. The highest BCUT2D eigenvalue weighted by Crippen LogP contribution is 2.29. The molecule has 1 aromatic heterocycles. The summed E-state index contributed by atoms with van der Waals surface area (Å²) in [6, 6.07) is 12.4. The van der Waals surface area contributed by atoms with Crippen molar-refractivity contribution >= 4 is 28.5 Å². The topological polar surface area (TPSA) is 68.5 Å². The molecule has 8 heteroatoms. The van der Waals surface area contributed by atoms with E-state index in [1.165, 1.54) is 13.0 Å². The number of para-hydroxylation sites is 1. The molecule has 0 aliphatic rings. The van der Waals surface area contributed by atoms with Crippen molar-refractivity contribution in [1.82, 2.24) is 0 Å². The monoisotopic (exact) mass is 377 g/mol. The normalized spacial score (nSPS) is 12.6. The van der Waals surface area contributed by atoms with E-state index in [1.807, 2.05) is 0 Å². The highest BCUT2D eigenvalue weighted by atomic mass is 19.4. The van der Waals surface area contributed by atoms with E-state index in [-0.39, 0.29) is 11.4 Å². The Kier molecular flexibility index (Phi) is 4.89. The Morgan fingerprint density at radius 3 is 2.37 bits per heavy atom. The van der Waals surface area contributed by atoms with Crippen LogP contribution in [0.25, 0.3) is 11.0 Å². The molecule has 0 saturated carbocycles. The molecule has 0 aliphatic carbocycles. The van der Waals surface area contributed by atoms with E-state index in [0.717, 1.165) is 24.3 Å². The van der Waals surface area contributed by atoms with Gasteiger partial charge in [0.25, 0.3) is 5.91 Å². The molecule has 0 saturated heterocycles. The van der Waals surface area contributed by atoms with Gasteiger partial charge in [0.05, 0.1) is 5.56 Å². The van der Waals surface area contributed by atoms with Gasteiger partial charge in [-0.2, -0.15) is 13.2 Å². The summed E-state index contributed by atoms with van der Waals surface area (Å²) in [6.07, 6.45) is -5.63. The van der Waals surface area contributed by atoms with Crippen LogP contribution in [0.3, 0.4) is 0 Å². The molecule has 0 aliphatic heterocycles. The number of rotatable bonds is 4. The number of hydrogen-bond donors (Lipinski definition) is 1. The first-order chi connectivity index (χ1) is 12.7. The van der Waals surface area contributed by atoms with Crippen LogP contribution < -0.4 is 5.32 Å². The van der Waals surface area contributed by atoms with Gasteiger partial charge >= 0.3 is 12.1 Å². The number of nitrogens with one attached hydrogen (secondary N) is 1. The summed E-state index contributed by atoms with van der Waals surface area (Å²) in [5, 5.41) is 3.10. The molecule has 1 N–H and O–H groups in total. The molecular formula is C19H14F3NO4. The number of carbonyl (C=O) groups is 2. The van der Waals surface area contributed by atoms with Crippen LogP contribution in [0.1, 0.15) is 23.0 Å². The fourth-order valence-electron chi connectivity index (χ4n) is 2.34. The van der Waals surface area contributed by atoms with Gasteiger partial charge in [-0.1, -0.05) is 18.2 Å². The predicted molar refractivity (Wildman–Crippen MR) is 91.2 cm³/mol. The molecule has 2 aromatic carbocycles. The molecule has 0 bridgehead atoms. The summed E-state index contributed by atoms with van der Waals surface area (Å²) in [6.45, 7) is 1.35. The van der Waals surface area contributed by atoms with Crippen LogP contribution in [-0.4, -0.2) is 18.0 Å². The lowest BCUT2D eigenvalue weighted by atomic mass is 10.2. The number of carbonyl (C=O) groups excluding carboxylic acids is 2. The van der Waals surface area contributed by atoms with Crippen LogP contribution in [0.15, 0.2) is 59.0 Å². The van der Waals surface area contributed by atoms with Crippen molar-refractivity contribution in [2.45, 2.75) is 19.2 Å². The van der Waals surface area contributed by atoms with Gasteiger partial charge in [-0.05, 0) is 43.3 Å². The lowest BCUT2D eigenvalue weighted by Gasteiger charge is -2.13. The van der Waals surface area contributed by atoms with Crippen LogP contribution in [0, 0.1) is 0 Å². The second kappa shape index (κ2) is 7.14. The molecule has 1 heterocycles. The Hall–Kier alpha value is -3.29. The van der Waals surface area contributed by atoms with Gasteiger partial charge in [-0.3, -0.25) is 4.79 Å². The molecule has 0 spiro atoms. The maximum absolute atomic E-state index is 12.5. The number of amides is 1. The molecule has 0 unspecified atom stereocenters. The largest absolute Gasteiger partial charge is 0.449 e. The Morgan fingerprint density at radius 2 is 1.74 bits per heavy atom. The van der Waals surface area contributed by atoms with Gasteiger partial charge in [0.2, 0.25) is 5.76 Å². The first-order valence-corrected chi connectivity index (χ1v) is 7.92. The number of alkyl halides is 3. The van der Waals surface area contributed by atoms with Crippen molar-refractivity contribution in [1.29, 1.82) is 0 Å². The third kappa shape index (κ3) is 4.28. The molecule has 27 heavy (non-hydrogen) atoms. The number of hydrogen-bond acceptors (Lipinski definition) is 4. The highest BCUT2D eigenvalue weighted by Gasteiger charge is 2.30. The van der Waals surface area contributed by atoms with Crippen LogP contribution in [0.4, 0.5) is 18.9 Å². The van der Waals surface area contributed by atoms with E-state index in [0.29, 0.717) is 11.0 Å². The van der Waals surface area contributed by atoms with Crippen molar-refractivity contribution in [2.24, 2.45) is 0 Å². The molecule has 1 amide bonds. The van der Waals surface area contributed by atoms with Gasteiger partial charge in [0.1, 0.15) is 5.58 Å². The van der Waals surface area contributed by atoms with Crippen molar-refractivity contribution in [3.63, 3.8) is 0 Å². The van der Waals surface area contributed by atoms with Gasteiger partial charge in [0, 0.05) is 11.1 Å². The first-order valence-electron chi connectivity index (χ1n) is 7.92. The number of ether oxygens (including phenoxy) is 1. The summed E-state index contributed by atoms with van der Waals surface area (Å²) in [7, 11) is 0. The number of furan rings is 1. The maximum Gasteiger partial charge on any atom is 0.416 e. The molecule has 0 fully saturated rings. The number of anilines is 1. The lowest BCUT2D eigenvalue weighted by molar-refractivity contribution is -0.137. The zero-order chi connectivity index (χ0) is 19.6. The predicted octanol–water partition coefficient (Wildman–Crippen LogP) is 4.64. The van der Waals surface area contributed by atoms with Crippen molar-refractivity contribution in [3.05, 3.63) is 65.9 Å². The average Bonchev–Trinajstić information content (AvgIpc) is 3.05. The van der Waals surface area contributed by atoms with Gasteiger partial charge in [0.15, 0.2) is 6.10 Å². The summed E-state index contributed by atoms with van der Waals surface area (Å²) in [5.74, 6) is -1.55. The van der Waals surface area contributed by atoms with Gasteiger partial charge in [-0.15, -0.1) is 0 Å². The maximum atomic E-state index is 12.5. The Balaban J connectivity index is 1.62. The molecule has 1 atom stereocenters. The summed E-state index contributed by atoms with van der Waals surface area (Å²) < 4.78 is 48.0. The third-order valence-electron chi connectivity index (χ3n) is 3.76. The number of halogens is 3. The molecule has 140 valence electrons. The minimum absolute atomic E-state index is 0.0506. The average molecular weight is 377 g/mol. The molecule has 0 radical (unpaired) electrons. The van der Waals surface area contributed by atoms with E-state index in [4.69, 9.17) is 9.15 Å². The van der Waals surface area contributed by atoms with E-state index in [2.05, 4.69) is 5.32 Å². The fourth-order valence-corrected chi connectivity index (χ4v) is 2.34. The zero-order valence-corrected chi connectivity index (χ0v) is 14.0. The van der Waals surface area contributed by atoms with Crippen molar-refractivity contribution in [2.75, 3.05) is 5.32 Å². The number of esters is 1. The van der Waals surface area contributed by atoms with E-state index in [9.17, 15) is 22.8 Å². The molecule has 5 nitrogen and oxygen atoms in total. The second-order valence-corrected chi connectivity index (χ2v) is 5.76. The standard InChI is InChI=1S/C19H14F3NO4/c1-11(17(24)23-14-8-6-13(7-9-14)19(20,21)22)26-18(25)16-10-12-4-2-3-5-15(12)27-16/h2-11H,1H3,(H,23,24)/t11-/m0/s1. The Morgan fingerprint density at radius 1 is 1.07 bits per heavy atom. The Labute approximate surface area is 151 Å². The van der Waals surface area contributed by atoms with Gasteiger partial charge < -0.3 is 14.5 Å². The van der Waals surface area contributed by atoms with Crippen LogP contribution in [0.2, 0.25) is 0 Å². The quantitative estimate of drug-likeness (QED) is 0.673. The van der Waals surface area contributed by atoms with Crippen LogP contribution in [-0.2, 0) is 15.7 Å². The zero-order valence-electron chi connectivity index (χ0n) is 14.0. The molecule has 3 aromatic rings. The smallest absolute Gasteiger partial charge is 0.416 e. The second-order valence-electron chi connectivity index (χ2n) is 5.76. The first kappa shape index (κ1) is 18.5. The van der Waals surface area contributed by atoms with Crippen LogP contribution >= 0.6 is 0 Å². The fraction of sp³-hybridized carbons (Fsp3) is 0.158. The third-order valence-corrected chi connectivity index (χ3v) is 3.76. The van der Waals surface area contributed by atoms with Crippen molar-refractivity contribution in [3.8, 4) is 0 Å². The van der Waals surface area contributed by atoms with Gasteiger partial charge in [-0.25, -0.2) is 4.79 Å². The minimum atomic E-state index is -4.46. The number of benzene rings is 2. The highest BCUT2D eigenvalue weighted by molar-refractivity contribution is 5.97. The summed E-state index contributed by atoms with van der Waals surface area (Å²) in [5.41, 5.74) is -0.171. The summed E-state index contributed by atoms with van der Waals surface area (Å²) >= 11 is 0. The summed E-state index contributed by atoms with van der Waals surface area (Å²) in [4.78, 5) is 24.2. The minimum Gasteiger partial charge on any atom is -0.449 e. The van der Waals surface area contributed by atoms with Crippen molar-refractivity contribution < 1.29 is 31.9 Å².